The van der Waals surface area contributed by atoms with Gasteiger partial charge in [-0.2, -0.15) is 0 Å². The van der Waals surface area contributed by atoms with Crippen LogP contribution >= 0.6 is 0 Å². The van der Waals surface area contributed by atoms with Gasteiger partial charge in [0, 0.05) is 0 Å². The molecule has 0 saturated carbocycles. The first-order chi connectivity index (χ1) is 6.22. The maximum atomic E-state index is 2.24. The van der Waals surface area contributed by atoms with Crippen molar-refractivity contribution in [2.75, 3.05) is 0 Å². The molecule has 0 bridgehead atoms. The summed E-state index contributed by atoms with van der Waals surface area (Å²) in [6.45, 7) is 16.9. The summed E-state index contributed by atoms with van der Waals surface area (Å²) < 4.78 is 0. The van der Waals surface area contributed by atoms with Crippen LogP contribution in [0.3, 0.4) is 0 Å². The van der Waals surface area contributed by atoms with Gasteiger partial charge >= 0.3 is 0 Å². The lowest BCUT2D eigenvalue weighted by molar-refractivity contribution is 0.874. The molecule has 0 radical (unpaired) electrons. The third-order valence-corrected chi connectivity index (χ3v) is 1.88. The molecule has 0 heteroatoms. The average Bonchev–Trinajstić information content (AvgIpc) is 2.23. The van der Waals surface area contributed by atoms with Crippen LogP contribution in [-0.4, -0.2) is 0 Å². The Bertz CT molecular complexity index is 98.6. The Morgan fingerprint density at radius 2 is 1.15 bits per heavy atom. The van der Waals surface area contributed by atoms with Crippen LogP contribution in [0.2, 0.25) is 0 Å². The van der Waals surface area contributed by atoms with E-state index in [1.165, 1.54) is 19.3 Å². The fraction of sp³-hybridized carbons (Fsp3) is 0.846. The highest BCUT2D eigenvalue weighted by Crippen LogP contribution is 2.11. The summed E-state index contributed by atoms with van der Waals surface area (Å²) in [6, 6.07) is 0. The molecule has 0 heterocycles. The highest BCUT2D eigenvalue weighted by Gasteiger charge is 1.91. The molecule has 0 aromatic carbocycles. The van der Waals surface area contributed by atoms with Gasteiger partial charge in [-0.3, -0.25) is 0 Å². The zero-order chi connectivity index (χ0) is 11.3. The van der Waals surface area contributed by atoms with E-state index in [2.05, 4.69) is 27.7 Å². The molecule has 0 aliphatic carbocycles. The molecule has 0 spiro atoms. The lowest BCUT2D eigenvalue weighted by atomic mass is 10.1. The lowest BCUT2D eigenvalue weighted by Gasteiger charge is -2.02. The van der Waals surface area contributed by atoms with Gasteiger partial charge in [0.15, 0.2) is 0 Å². The Morgan fingerprint density at radius 3 is 1.38 bits per heavy atom. The third kappa shape index (κ3) is 14.6. The van der Waals surface area contributed by atoms with Gasteiger partial charge < -0.3 is 0 Å². The fourth-order valence-electron chi connectivity index (χ4n) is 0.890. The van der Waals surface area contributed by atoms with Crippen molar-refractivity contribution < 1.29 is 0 Å². The van der Waals surface area contributed by atoms with Crippen LogP contribution in [0.1, 0.15) is 74.7 Å². The maximum absolute atomic E-state index is 2.24. The van der Waals surface area contributed by atoms with Gasteiger partial charge in [0.25, 0.3) is 0 Å². The molecular formula is C13H30. The van der Waals surface area contributed by atoms with Gasteiger partial charge in [-0.1, -0.05) is 59.1 Å². The lowest BCUT2D eigenvalue weighted by Crippen LogP contribution is -1.81. The van der Waals surface area contributed by atoms with Crippen LogP contribution in [0.25, 0.3) is 0 Å². The van der Waals surface area contributed by atoms with E-state index in [1.807, 2.05) is 27.7 Å². The predicted molar refractivity (Wildman–Crippen MR) is 66.3 cm³/mol. The molecule has 0 aromatic heterocycles. The maximum Gasteiger partial charge on any atom is -0.0323 e. The van der Waals surface area contributed by atoms with E-state index in [0.29, 0.717) is 0 Å². The Balaban J connectivity index is -0.000000218. The molecule has 0 fully saturated rings. The van der Waals surface area contributed by atoms with Crippen molar-refractivity contribution in [2.45, 2.75) is 74.7 Å². The summed E-state index contributed by atoms with van der Waals surface area (Å²) in [5.74, 6) is 0. The highest BCUT2D eigenvalue weighted by molar-refractivity contribution is 5.08. The summed E-state index contributed by atoms with van der Waals surface area (Å²) in [7, 11) is 0. The topological polar surface area (TPSA) is 0 Å². The van der Waals surface area contributed by atoms with E-state index in [4.69, 9.17) is 0 Å². The normalized spacial score (nSPS) is 10.2. The standard InChI is InChI=1S/C9H18.2C2H6/c1-5-7-9(4)8(3)6-2;2*1-2/h5-7H2,1-4H3;2*1-2H3/b9-8-;;. The molecule has 0 rings (SSSR count). The van der Waals surface area contributed by atoms with Crippen LogP contribution in [0.4, 0.5) is 0 Å². The Hall–Kier alpha value is -0.260. The van der Waals surface area contributed by atoms with Gasteiger partial charge in [0.1, 0.15) is 0 Å². The van der Waals surface area contributed by atoms with Crippen molar-refractivity contribution in [3.63, 3.8) is 0 Å². The minimum atomic E-state index is 1.21. The largest absolute Gasteiger partial charge is 0.0747 e. The van der Waals surface area contributed by atoms with Gasteiger partial charge in [-0.25, -0.2) is 0 Å². The van der Waals surface area contributed by atoms with Crippen molar-refractivity contribution >= 4 is 0 Å². The van der Waals surface area contributed by atoms with Gasteiger partial charge in [-0.05, 0) is 26.7 Å². The molecule has 0 saturated heterocycles. The molecule has 0 amide bonds. The predicted octanol–water partition coefficient (Wildman–Crippen LogP) is 5.59. The molecule has 0 atom stereocenters. The number of hydrogen-bond donors (Lipinski definition) is 0. The monoisotopic (exact) mass is 186 g/mol. The van der Waals surface area contributed by atoms with Crippen molar-refractivity contribution in [3.8, 4) is 0 Å². The first kappa shape index (κ1) is 18.5. The van der Waals surface area contributed by atoms with Crippen molar-refractivity contribution in [1.82, 2.24) is 0 Å². The number of hydrogen-bond acceptors (Lipinski definition) is 0. The summed E-state index contributed by atoms with van der Waals surface area (Å²) in [5, 5.41) is 0. The van der Waals surface area contributed by atoms with E-state index >= 15 is 0 Å². The second-order valence-corrected chi connectivity index (χ2v) is 2.66. The molecular weight excluding hydrogens is 156 g/mol. The van der Waals surface area contributed by atoms with Gasteiger partial charge in [0.2, 0.25) is 0 Å². The quantitative estimate of drug-likeness (QED) is 0.504. The molecule has 82 valence electrons. The number of allylic oxidation sites excluding steroid dienone is 2. The smallest absolute Gasteiger partial charge is 0.0323 e. The third-order valence-electron chi connectivity index (χ3n) is 1.88. The van der Waals surface area contributed by atoms with Crippen LogP contribution < -0.4 is 0 Å². The van der Waals surface area contributed by atoms with E-state index in [0.717, 1.165) is 0 Å². The molecule has 0 aliphatic rings. The van der Waals surface area contributed by atoms with E-state index in [-0.39, 0.29) is 0 Å². The van der Waals surface area contributed by atoms with E-state index < -0.39 is 0 Å². The number of rotatable bonds is 3. The second kappa shape index (κ2) is 17.7. The Labute approximate surface area is 86.4 Å². The van der Waals surface area contributed by atoms with Crippen molar-refractivity contribution in [2.24, 2.45) is 0 Å². The fourth-order valence-corrected chi connectivity index (χ4v) is 0.890. The zero-order valence-corrected chi connectivity index (χ0v) is 11.1. The van der Waals surface area contributed by atoms with Crippen LogP contribution in [0, 0.1) is 0 Å². The minimum absolute atomic E-state index is 1.21. The van der Waals surface area contributed by atoms with Crippen LogP contribution in [-0.2, 0) is 0 Å². The van der Waals surface area contributed by atoms with E-state index in [9.17, 15) is 0 Å². The average molecular weight is 186 g/mol. The molecule has 0 aromatic rings. The Kier molecular flexibility index (Phi) is 25.2. The Morgan fingerprint density at radius 1 is 0.769 bits per heavy atom. The second-order valence-electron chi connectivity index (χ2n) is 2.66. The molecule has 0 unspecified atom stereocenters. The molecule has 0 N–H and O–H groups in total. The molecule has 0 aliphatic heterocycles. The first-order valence-electron chi connectivity index (χ1n) is 5.87. The van der Waals surface area contributed by atoms with Crippen molar-refractivity contribution in [3.05, 3.63) is 11.1 Å². The highest BCUT2D eigenvalue weighted by atomic mass is 14.0. The summed E-state index contributed by atoms with van der Waals surface area (Å²) in [6.07, 6.45) is 3.77. The van der Waals surface area contributed by atoms with Gasteiger partial charge in [-0.15, -0.1) is 0 Å². The first-order valence-corrected chi connectivity index (χ1v) is 5.87. The summed E-state index contributed by atoms with van der Waals surface area (Å²) in [5.41, 5.74) is 3.15. The van der Waals surface area contributed by atoms with Crippen LogP contribution in [0.5, 0.6) is 0 Å². The summed E-state index contributed by atoms with van der Waals surface area (Å²) in [4.78, 5) is 0. The van der Waals surface area contributed by atoms with E-state index in [1.54, 1.807) is 11.1 Å². The zero-order valence-electron chi connectivity index (χ0n) is 11.1. The van der Waals surface area contributed by atoms with Crippen LogP contribution in [0.15, 0.2) is 11.1 Å². The minimum Gasteiger partial charge on any atom is -0.0747 e. The molecule has 13 heavy (non-hydrogen) atoms. The molecule has 0 nitrogen and oxygen atoms in total. The van der Waals surface area contributed by atoms with Crippen molar-refractivity contribution in [1.29, 1.82) is 0 Å². The SMILES string of the molecule is CC.CC.CCC/C(C)=C(/C)CC. The summed E-state index contributed by atoms with van der Waals surface area (Å²) >= 11 is 0. The van der Waals surface area contributed by atoms with Gasteiger partial charge in [0.05, 0.1) is 0 Å².